The van der Waals surface area contributed by atoms with Crippen LogP contribution in [0.4, 0.5) is 5.69 Å². The topological polar surface area (TPSA) is 97.1 Å². The molecule has 8 nitrogen and oxygen atoms in total. The average molecular weight is 550 g/mol. The molecular formula is C24H25BrNO7P. The molecule has 0 aliphatic heterocycles. The molecule has 0 amide bonds. The van der Waals surface area contributed by atoms with Gasteiger partial charge in [-0.05, 0) is 47.5 Å². The van der Waals surface area contributed by atoms with Crippen LogP contribution in [0.15, 0.2) is 65.1 Å². The van der Waals surface area contributed by atoms with E-state index in [1.165, 1.54) is 19.2 Å². The van der Waals surface area contributed by atoms with Crippen molar-refractivity contribution in [3.8, 4) is 22.6 Å². The highest BCUT2D eigenvalue weighted by molar-refractivity contribution is 9.10. The molecule has 3 aromatic rings. The van der Waals surface area contributed by atoms with E-state index in [2.05, 4.69) is 15.9 Å². The highest BCUT2D eigenvalue weighted by Crippen LogP contribution is 2.53. The van der Waals surface area contributed by atoms with Crippen molar-refractivity contribution in [2.45, 2.75) is 20.5 Å². The summed E-state index contributed by atoms with van der Waals surface area (Å²) in [5.41, 5.74) is 1.19. The zero-order valence-electron chi connectivity index (χ0n) is 19.0. The van der Waals surface area contributed by atoms with Crippen molar-refractivity contribution in [3.05, 3.63) is 80.8 Å². The van der Waals surface area contributed by atoms with Crippen LogP contribution in [0.25, 0.3) is 11.1 Å². The Morgan fingerprint density at radius 2 is 1.65 bits per heavy atom. The maximum absolute atomic E-state index is 14.0. The van der Waals surface area contributed by atoms with E-state index >= 15 is 0 Å². The van der Waals surface area contributed by atoms with Crippen molar-refractivity contribution < 1.29 is 28.0 Å². The molecule has 0 aliphatic carbocycles. The van der Waals surface area contributed by atoms with Crippen molar-refractivity contribution in [1.29, 1.82) is 0 Å². The molecule has 0 saturated heterocycles. The van der Waals surface area contributed by atoms with Gasteiger partial charge in [0, 0.05) is 22.2 Å². The molecule has 10 heteroatoms. The largest absolute Gasteiger partial charge is 0.496 e. The number of rotatable bonds is 11. The third-order valence-electron chi connectivity index (χ3n) is 4.85. The molecule has 0 spiro atoms. The minimum atomic E-state index is -3.91. The van der Waals surface area contributed by atoms with E-state index in [0.29, 0.717) is 10.2 Å². The molecule has 0 heterocycles. The lowest BCUT2D eigenvalue weighted by Crippen LogP contribution is -2.16. The zero-order chi connectivity index (χ0) is 24.7. The smallest absolute Gasteiger partial charge is 0.362 e. The first kappa shape index (κ1) is 25.9. The van der Waals surface area contributed by atoms with Crippen LogP contribution >= 0.6 is 23.5 Å². The van der Waals surface area contributed by atoms with Gasteiger partial charge in [0.1, 0.15) is 18.1 Å². The average Bonchev–Trinajstić information content (AvgIpc) is 2.83. The Morgan fingerprint density at radius 3 is 2.24 bits per heavy atom. The molecule has 34 heavy (non-hydrogen) atoms. The molecule has 0 aliphatic rings. The Morgan fingerprint density at radius 1 is 0.971 bits per heavy atom. The number of ether oxygens (including phenoxy) is 2. The van der Waals surface area contributed by atoms with E-state index in [-0.39, 0.29) is 47.7 Å². The maximum Gasteiger partial charge on any atom is 0.362 e. The molecule has 0 atom stereocenters. The molecule has 3 aromatic carbocycles. The molecule has 0 bridgehead atoms. The minimum Gasteiger partial charge on any atom is -0.496 e. The Bertz CT molecular complexity index is 1190. The van der Waals surface area contributed by atoms with E-state index in [1.54, 1.807) is 32.0 Å². The Balaban J connectivity index is 2.28. The second-order valence-corrected chi connectivity index (χ2v) is 9.87. The van der Waals surface area contributed by atoms with Crippen LogP contribution in [0.2, 0.25) is 0 Å². The van der Waals surface area contributed by atoms with Crippen molar-refractivity contribution in [2.24, 2.45) is 0 Å². The maximum atomic E-state index is 14.0. The third-order valence-corrected chi connectivity index (χ3v) is 7.65. The summed E-state index contributed by atoms with van der Waals surface area (Å²) in [5.74, 6) is 0.587. The summed E-state index contributed by atoms with van der Waals surface area (Å²) in [6.45, 7) is 3.85. The molecule has 3 rings (SSSR count). The number of benzene rings is 3. The van der Waals surface area contributed by atoms with Gasteiger partial charge < -0.3 is 18.5 Å². The summed E-state index contributed by atoms with van der Waals surface area (Å²) in [4.78, 5) is 11.4. The van der Waals surface area contributed by atoms with Gasteiger partial charge in [0.2, 0.25) is 0 Å². The fourth-order valence-corrected chi connectivity index (χ4v) is 5.83. The minimum absolute atomic E-state index is 0.103. The fraction of sp³-hybridized carbons (Fsp3) is 0.250. The summed E-state index contributed by atoms with van der Waals surface area (Å²) in [7, 11) is -2.48. The van der Waals surface area contributed by atoms with E-state index < -0.39 is 12.5 Å². The van der Waals surface area contributed by atoms with Gasteiger partial charge in [0.25, 0.3) is 5.69 Å². The van der Waals surface area contributed by atoms with Crippen LogP contribution in [0.1, 0.15) is 19.4 Å². The number of methoxy groups -OCH3 is 1. The lowest BCUT2D eigenvalue weighted by Gasteiger charge is -2.23. The van der Waals surface area contributed by atoms with Crippen molar-refractivity contribution >= 4 is 34.5 Å². The number of nitro benzene ring substituents is 1. The molecule has 0 aromatic heterocycles. The van der Waals surface area contributed by atoms with E-state index in [1.807, 2.05) is 30.3 Å². The van der Waals surface area contributed by atoms with E-state index in [4.69, 9.17) is 18.5 Å². The molecule has 0 N–H and O–H groups in total. The Kier molecular flexibility index (Phi) is 8.85. The zero-order valence-corrected chi connectivity index (χ0v) is 21.5. The van der Waals surface area contributed by atoms with Crippen LogP contribution in [-0.2, 0) is 20.2 Å². The third kappa shape index (κ3) is 5.67. The van der Waals surface area contributed by atoms with Gasteiger partial charge in [0.05, 0.1) is 36.1 Å². The molecule has 180 valence electrons. The second-order valence-electron chi connectivity index (χ2n) is 7.02. The van der Waals surface area contributed by atoms with Gasteiger partial charge in [-0.25, -0.2) is 0 Å². The molecule has 0 fully saturated rings. The quantitative estimate of drug-likeness (QED) is 0.153. The van der Waals surface area contributed by atoms with Crippen LogP contribution < -0.4 is 14.8 Å². The number of nitrogens with zero attached hydrogens (tertiary/aromatic N) is 1. The second kappa shape index (κ2) is 11.6. The summed E-state index contributed by atoms with van der Waals surface area (Å²) in [6.07, 6.45) is 0. The van der Waals surface area contributed by atoms with Gasteiger partial charge in [-0.15, -0.1) is 0 Å². The Hall–Kier alpha value is -2.71. The lowest BCUT2D eigenvalue weighted by molar-refractivity contribution is -0.384. The van der Waals surface area contributed by atoms with E-state index in [0.717, 1.165) is 5.56 Å². The van der Waals surface area contributed by atoms with Crippen LogP contribution in [0.3, 0.4) is 0 Å². The summed E-state index contributed by atoms with van der Waals surface area (Å²) >= 11 is 3.41. The van der Waals surface area contributed by atoms with Crippen LogP contribution in [0, 0.1) is 10.1 Å². The van der Waals surface area contributed by atoms with Gasteiger partial charge in [0.15, 0.2) is 0 Å². The number of nitro groups is 1. The van der Waals surface area contributed by atoms with Crippen molar-refractivity contribution in [1.82, 2.24) is 0 Å². The highest BCUT2D eigenvalue weighted by atomic mass is 79.9. The summed E-state index contributed by atoms with van der Waals surface area (Å²) < 4.78 is 37.2. The predicted octanol–water partition coefficient (Wildman–Crippen LogP) is 6.50. The standard InChI is InChI=1S/C24H25BrNO7P/c1-4-32-34(29,33-5-2)22-15-18(31-16-17-10-7-6-8-11-17)14-21(30-3)24(22)23-19(25)12-9-13-20(23)26(27)28/h6-15H,4-5,16H2,1-3H3. The van der Waals surface area contributed by atoms with Crippen LogP contribution in [-0.4, -0.2) is 25.2 Å². The van der Waals surface area contributed by atoms with Gasteiger partial charge in [-0.2, -0.15) is 0 Å². The fourth-order valence-electron chi connectivity index (χ4n) is 3.46. The van der Waals surface area contributed by atoms with Gasteiger partial charge >= 0.3 is 7.60 Å². The van der Waals surface area contributed by atoms with E-state index in [9.17, 15) is 14.7 Å². The number of hydrogen-bond donors (Lipinski definition) is 0. The molecule has 0 unspecified atom stereocenters. The van der Waals surface area contributed by atoms with Crippen molar-refractivity contribution in [3.63, 3.8) is 0 Å². The summed E-state index contributed by atoms with van der Waals surface area (Å²) in [6, 6.07) is 17.3. The normalized spacial score (nSPS) is 11.3. The first-order chi connectivity index (χ1) is 16.3. The first-order valence-electron chi connectivity index (χ1n) is 10.6. The Labute approximate surface area is 206 Å². The highest BCUT2D eigenvalue weighted by Gasteiger charge is 2.36. The number of halogens is 1. The van der Waals surface area contributed by atoms with Gasteiger partial charge in [-0.1, -0.05) is 36.4 Å². The molecular weight excluding hydrogens is 525 g/mol. The predicted molar refractivity (Wildman–Crippen MR) is 134 cm³/mol. The number of hydrogen-bond acceptors (Lipinski definition) is 7. The molecule has 0 saturated carbocycles. The summed E-state index contributed by atoms with van der Waals surface area (Å²) in [5, 5.41) is 12.0. The SMILES string of the molecule is CCOP(=O)(OCC)c1cc(OCc2ccccc2)cc(OC)c1-c1c(Br)cccc1[N+](=O)[O-]. The van der Waals surface area contributed by atoms with Crippen LogP contribution in [0.5, 0.6) is 11.5 Å². The lowest BCUT2D eigenvalue weighted by atomic mass is 10.0. The first-order valence-corrected chi connectivity index (χ1v) is 12.9. The molecule has 0 radical (unpaired) electrons. The monoisotopic (exact) mass is 549 g/mol. The van der Waals surface area contributed by atoms with Crippen molar-refractivity contribution in [2.75, 3.05) is 20.3 Å². The van der Waals surface area contributed by atoms with Gasteiger partial charge in [-0.3, -0.25) is 14.7 Å².